The molecule has 0 unspecified atom stereocenters. The number of aromatic nitrogens is 3. The minimum absolute atomic E-state index is 0.173. The number of hydrogen-bond acceptors (Lipinski definition) is 8. The van der Waals surface area contributed by atoms with Crippen molar-refractivity contribution in [3.8, 4) is 0 Å². The van der Waals surface area contributed by atoms with E-state index in [0.29, 0.717) is 9.90 Å². The van der Waals surface area contributed by atoms with Crippen LogP contribution in [0.25, 0.3) is 0 Å². The fourth-order valence-corrected chi connectivity index (χ4v) is 3.14. The smallest absolute Gasteiger partial charge is 0.330 e. The van der Waals surface area contributed by atoms with Crippen LogP contribution in [0.4, 0.5) is 5.69 Å². The number of anilines is 1. The molecular formula is C16H16ClN5O4S2. The molecule has 0 radical (unpaired) electrons. The number of carbonyl (C=O) groups excluding carboxylic acids is 1. The fraction of sp³-hybridized carbons (Fsp3) is 0.125. The number of carbonyl (C=O) groups is 1. The topological polar surface area (TPSA) is 148 Å². The summed E-state index contributed by atoms with van der Waals surface area (Å²) >= 11 is 7.20. The molecule has 2 aromatic heterocycles. The van der Waals surface area contributed by atoms with Gasteiger partial charge in [0.15, 0.2) is 5.82 Å². The normalized spacial score (nSPS) is 10.7. The lowest BCUT2D eigenvalue weighted by Gasteiger charge is -2.07. The number of amides is 1. The molecule has 0 fully saturated rings. The summed E-state index contributed by atoms with van der Waals surface area (Å²) in [4.78, 5) is 22.2. The third-order valence-electron chi connectivity index (χ3n) is 3.04. The standard InChI is InChI=1S/C11H11ClN4O3S.C5H5NOS/c1-7-14-10(16-11(15-7)20(17,18)19)6-13-9-4-2-3-8(12)5-9;6-5(7)4-2-1-3-8-4/h2-5,13H,6H2,1H3,(H,17,18,19);1-3H,(H2,6,7). The number of thiophene rings is 1. The number of halogens is 1. The Labute approximate surface area is 170 Å². The van der Waals surface area contributed by atoms with Crippen LogP contribution in [0, 0.1) is 6.92 Å². The van der Waals surface area contributed by atoms with Crippen molar-refractivity contribution in [1.82, 2.24) is 15.0 Å². The van der Waals surface area contributed by atoms with Crippen LogP contribution in [0.2, 0.25) is 5.02 Å². The van der Waals surface area contributed by atoms with Gasteiger partial charge < -0.3 is 11.1 Å². The number of hydrogen-bond donors (Lipinski definition) is 3. The molecule has 2 heterocycles. The lowest BCUT2D eigenvalue weighted by atomic mass is 10.3. The third-order valence-corrected chi connectivity index (χ3v) is 4.81. The van der Waals surface area contributed by atoms with E-state index >= 15 is 0 Å². The Bertz CT molecular complexity index is 1060. The van der Waals surface area contributed by atoms with Crippen LogP contribution in [0.5, 0.6) is 0 Å². The van der Waals surface area contributed by atoms with Gasteiger partial charge in [-0.25, -0.2) is 9.97 Å². The second kappa shape index (κ2) is 9.55. The SMILES string of the molecule is Cc1nc(CNc2cccc(Cl)c2)nc(S(=O)(=O)O)n1.NC(=O)c1cccs1. The number of aryl methyl sites for hydroxylation is 1. The Balaban J connectivity index is 0.000000292. The van der Waals surface area contributed by atoms with E-state index in [1.165, 1.54) is 18.3 Å². The minimum atomic E-state index is -4.45. The zero-order chi connectivity index (χ0) is 20.7. The Morgan fingerprint density at radius 3 is 2.54 bits per heavy atom. The maximum absolute atomic E-state index is 11.0. The highest BCUT2D eigenvalue weighted by atomic mass is 35.5. The average molecular weight is 442 g/mol. The second-order valence-electron chi connectivity index (χ2n) is 5.26. The summed E-state index contributed by atoms with van der Waals surface area (Å²) in [5, 5.41) is 4.72. The van der Waals surface area contributed by atoms with Gasteiger partial charge in [0.1, 0.15) is 5.82 Å². The Morgan fingerprint density at radius 1 is 1.25 bits per heavy atom. The summed E-state index contributed by atoms with van der Waals surface area (Å²) in [6.07, 6.45) is 0. The number of rotatable bonds is 5. The van der Waals surface area contributed by atoms with Crippen molar-refractivity contribution in [2.24, 2.45) is 5.73 Å². The zero-order valence-electron chi connectivity index (χ0n) is 14.5. The van der Waals surface area contributed by atoms with Crippen LogP contribution in [0.3, 0.4) is 0 Å². The predicted molar refractivity (Wildman–Crippen MR) is 106 cm³/mol. The minimum Gasteiger partial charge on any atom is -0.378 e. The molecule has 4 N–H and O–H groups in total. The highest BCUT2D eigenvalue weighted by Gasteiger charge is 2.16. The molecule has 0 aliphatic rings. The van der Waals surface area contributed by atoms with Gasteiger partial charge in [-0.1, -0.05) is 23.7 Å². The summed E-state index contributed by atoms with van der Waals surface area (Å²) < 4.78 is 31.0. The van der Waals surface area contributed by atoms with Crippen LogP contribution < -0.4 is 11.1 Å². The first-order valence-corrected chi connectivity index (χ1v) is 10.4. The molecule has 0 spiro atoms. The van der Waals surface area contributed by atoms with E-state index in [1.54, 1.807) is 36.4 Å². The van der Waals surface area contributed by atoms with Gasteiger partial charge in [-0.05, 0) is 36.6 Å². The molecule has 0 saturated carbocycles. The first-order chi connectivity index (χ1) is 13.1. The van der Waals surface area contributed by atoms with Crippen molar-refractivity contribution >= 4 is 44.7 Å². The number of nitrogens with one attached hydrogen (secondary N) is 1. The van der Waals surface area contributed by atoms with Crippen LogP contribution in [-0.2, 0) is 16.7 Å². The highest BCUT2D eigenvalue weighted by Crippen LogP contribution is 2.15. The van der Waals surface area contributed by atoms with Crippen LogP contribution in [0.15, 0.2) is 46.9 Å². The van der Waals surface area contributed by atoms with Crippen LogP contribution >= 0.6 is 22.9 Å². The summed E-state index contributed by atoms with van der Waals surface area (Å²) in [6, 6.07) is 10.5. The molecule has 9 nitrogen and oxygen atoms in total. The van der Waals surface area contributed by atoms with E-state index in [1.807, 2.05) is 5.38 Å². The zero-order valence-corrected chi connectivity index (χ0v) is 16.9. The van der Waals surface area contributed by atoms with E-state index in [2.05, 4.69) is 20.3 Å². The van der Waals surface area contributed by atoms with Crippen molar-refractivity contribution in [3.05, 3.63) is 63.3 Å². The monoisotopic (exact) mass is 441 g/mol. The van der Waals surface area contributed by atoms with Crippen LogP contribution in [-0.4, -0.2) is 33.8 Å². The Hall–Kier alpha value is -2.60. The number of nitrogens with zero attached hydrogens (tertiary/aromatic N) is 3. The molecule has 148 valence electrons. The third kappa shape index (κ3) is 6.85. The first-order valence-electron chi connectivity index (χ1n) is 7.67. The summed E-state index contributed by atoms with van der Waals surface area (Å²) in [5.74, 6) is 0.0561. The quantitative estimate of drug-likeness (QED) is 0.511. The lowest BCUT2D eigenvalue weighted by Crippen LogP contribution is -2.13. The molecule has 0 atom stereocenters. The summed E-state index contributed by atoms with van der Waals surface area (Å²) in [6.45, 7) is 1.69. The molecule has 3 aromatic rings. The first kappa shape index (κ1) is 21.7. The Kier molecular flexibility index (Phi) is 7.40. The van der Waals surface area contributed by atoms with Gasteiger partial charge in [0.2, 0.25) is 0 Å². The molecule has 1 amide bonds. The van der Waals surface area contributed by atoms with Crippen molar-refractivity contribution in [3.63, 3.8) is 0 Å². The molecule has 0 saturated heterocycles. The predicted octanol–water partition coefficient (Wildman–Crippen LogP) is 2.54. The Morgan fingerprint density at radius 2 is 2.00 bits per heavy atom. The van der Waals surface area contributed by atoms with Crippen molar-refractivity contribution in [2.75, 3.05) is 5.32 Å². The van der Waals surface area contributed by atoms with E-state index in [9.17, 15) is 13.2 Å². The van der Waals surface area contributed by atoms with Crippen molar-refractivity contribution in [2.45, 2.75) is 18.6 Å². The van der Waals surface area contributed by atoms with Crippen molar-refractivity contribution < 1.29 is 17.8 Å². The number of primary amides is 1. The second-order valence-corrected chi connectivity index (χ2v) is 7.96. The molecule has 0 aliphatic carbocycles. The van der Waals surface area contributed by atoms with E-state index in [0.717, 1.165) is 5.69 Å². The van der Waals surface area contributed by atoms with Crippen LogP contribution in [0.1, 0.15) is 21.3 Å². The number of benzene rings is 1. The van der Waals surface area contributed by atoms with E-state index < -0.39 is 15.3 Å². The molecule has 0 bridgehead atoms. The van der Waals surface area contributed by atoms with Gasteiger partial charge in [0.05, 0.1) is 11.4 Å². The van der Waals surface area contributed by atoms with Crippen molar-refractivity contribution in [1.29, 1.82) is 0 Å². The average Bonchev–Trinajstić information content (AvgIpc) is 3.14. The van der Waals surface area contributed by atoms with Gasteiger partial charge in [-0.2, -0.15) is 13.4 Å². The fourth-order valence-electron chi connectivity index (χ4n) is 1.90. The summed E-state index contributed by atoms with van der Waals surface area (Å²) in [5.41, 5.74) is 5.67. The largest absolute Gasteiger partial charge is 0.378 e. The molecular weight excluding hydrogens is 426 g/mol. The number of nitrogens with two attached hydrogens (primary N) is 1. The van der Waals surface area contributed by atoms with E-state index in [4.69, 9.17) is 21.9 Å². The summed E-state index contributed by atoms with van der Waals surface area (Å²) in [7, 11) is -4.45. The maximum Gasteiger partial charge on any atom is 0.330 e. The molecule has 28 heavy (non-hydrogen) atoms. The van der Waals surface area contributed by atoms with Gasteiger partial charge in [-0.15, -0.1) is 11.3 Å². The van der Waals surface area contributed by atoms with E-state index in [-0.39, 0.29) is 24.1 Å². The molecule has 3 rings (SSSR count). The maximum atomic E-state index is 11.0. The molecule has 0 aliphatic heterocycles. The van der Waals surface area contributed by atoms with Gasteiger partial charge in [-0.3, -0.25) is 9.35 Å². The highest BCUT2D eigenvalue weighted by molar-refractivity contribution is 7.85. The molecule has 12 heteroatoms. The van der Waals surface area contributed by atoms with Gasteiger partial charge in [0, 0.05) is 10.7 Å². The lowest BCUT2D eigenvalue weighted by molar-refractivity contribution is 0.100. The molecule has 1 aromatic carbocycles. The van der Waals surface area contributed by atoms with Gasteiger partial charge in [0.25, 0.3) is 11.1 Å². The van der Waals surface area contributed by atoms with Gasteiger partial charge >= 0.3 is 10.1 Å².